The average molecular weight is 219 g/mol. The fourth-order valence-electron chi connectivity index (χ4n) is 2.65. The van der Waals surface area contributed by atoms with Crippen molar-refractivity contribution in [3.05, 3.63) is 0 Å². The van der Waals surface area contributed by atoms with Crippen LogP contribution in [0.5, 0.6) is 0 Å². The molecular weight excluding hydrogens is 196 g/mol. The minimum atomic E-state index is -2.23. The second kappa shape index (κ2) is 5.24. The lowest BCUT2D eigenvalue weighted by Gasteiger charge is -2.41. The van der Waals surface area contributed by atoms with Crippen molar-refractivity contribution in [1.82, 2.24) is 5.32 Å². The normalized spacial score (nSPS) is 32.6. The molecule has 0 unspecified atom stereocenters. The summed E-state index contributed by atoms with van der Waals surface area (Å²) in [4.78, 5) is 0. The van der Waals surface area contributed by atoms with E-state index < -0.39 is 12.0 Å². The molecule has 1 N–H and O–H groups in total. The van der Waals surface area contributed by atoms with E-state index in [2.05, 4.69) is 19.2 Å². The summed E-state index contributed by atoms with van der Waals surface area (Å²) in [5.41, 5.74) is -0.889. The number of halogens is 2. The summed E-state index contributed by atoms with van der Waals surface area (Å²) in [5, 5.41) is 3.01. The van der Waals surface area contributed by atoms with E-state index in [0.717, 1.165) is 12.8 Å². The fourth-order valence-corrected chi connectivity index (χ4v) is 2.65. The van der Waals surface area contributed by atoms with E-state index in [1.165, 1.54) is 0 Å². The Morgan fingerprint density at radius 2 is 1.80 bits per heavy atom. The quantitative estimate of drug-likeness (QED) is 0.763. The number of rotatable bonds is 4. The summed E-state index contributed by atoms with van der Waals surface area (Å²) >= 11 is 0. The third-order valence-corrected chi connectivity index (χ3v) is 3.81. The van der Waals surface area contributed by atoms with Crippen molar-refractivity contribution in [2.24, 2.45) is 11.8 Å². The minimum absolute atomic E-state index is 0.626. The van der Waals surface area contributed by atoms with Gasteiger partial charge in [-0.15, -0.1) is 0 Å². The molecule has 0 radical (unpaired) electrons. The molecule has 0 bridgehead atoms. The Morgan fingerprint density at radius 3 is 2.13 bits per heavy atom. The van der Waals surface area contributed by atoms with Crippen molar-refractivity contribution >= 4 is 0 Å². The average Bonchev–Trinajstić information content (AvgIpc) is 2.18. The van der Waals surface area contributed by atoms with Crippen LogP contribution >= 0.6 is 0 Å². The van der Waals surface area contributed by atoms with Gasteiger partial charge in [0.25, 0.3) is 6.43 Å². The Morgan fingerprint density at radius 1 is 1.27 bits per heavy atom. The Balaban J connectivity index is 2.57. The Hall–Kier alpha value is -0.180. The molecule has 1 fully saturated rings. The molecule has 0 amide bonds. The zero-order valence-corrected chi connectivity index (χ0v) is 10.0. The van der Waals surface area contributed by atoms with E-state index in [-0.39, 0.29) is 0 Å². The van der Waals surface area contributed by atoms with Crippen molar-refractivity contribution in [3.8, 4) is 0 Å². The van der Waals surface area contributed by atoms with E-state index in [0.29, 0.717) is 31.2 Å². The van der Waals surface area contributed by atoms with Gasteiger partial charge in [-0.1, -0.05) is 20.8 Å². The number of hydrogen-bond donors (Lipinski definition) is 1. The Bertz CT molecular complexity index is 184. The fraction of sp³-hybridized carbons (Fsp3) is 1.00. The van der Waals surface area contributed by atoms with Gasteiger partial charge in [0, 0.05) is 0 Å². The lowest BCUT2D eigenvalue weighted by atomic mass is 9.73. The molecule has 15 heavy (non-hydrogen) atoms. The zero-order chi connectivity index (χ0) is 11.5. The maximum atomic E-state index is 13.0. The van der Waals surface area contributed by atoms with Crippen LogP contribution in [0.15, 0.2) is 0 Å². The number of nitrogens with one attached hydrogen (secondary N) is 1. The van der Waals surface area contributed by atoms with Crippen LogP contribution in [0.1, 0.15) is 46.5 Å². The highest BCUT2D eigenvalue weighted by molar-refractivity contribution is 4.95. The Kier molecular flexibility index (Phi) is 4.50. The van der Waals surface area contributed by atoms with Gasteiger partial charge >= 0.3 is 0 Å². The molecule has 1 aliphatic rings. The lowest BCUT2D eigenvalue weighted by Crippen LogP contribution is -2.53. The summed E-state index contributed by atoms with van der Waals surface area (Å²) < 4.78 is 26.1. The molecular formula is C12H23F2N. The molecule has 1 rings (SSSR count). The summed E-state index contributed by atoms with van der Waals surface area (Å²) in [7, 11) is 0. The molecule has 1 saturated carbocycles. The van der Waals surface area contributed by atoms with Crippen LogP contribution in [0.4, 0.5) is 8.78 Å². The molecule has 0 aliphatic heterocycles. The number of hydrogen-bond acceptors (Lipinski definition) is 1. The lowest BCUT2D eigenvalue weighted by molar-refractivity contribution is -0.00551. The van der Waals surface area contributed by atoms with Crippen LogP contribution in [-0.2, 0) is 0 Å². The van der Waals surface area contributed by atoms with Gasteiger partial charge < -0.3 is 5.32 Å². The first-order chi connectivity index (χ1) is 7.02. The highest BCUT2D eigenvalue weighted by Crippen LogP contribution is 2.38. The smallest absolute Gasteiger partial charge is 0.256 e. The first-order valence-corrected chi connectivity index (χ1v) is 6.05. The van der Waals surface area contributed by atoms with E-state index in [1.807, 2.05) is 6.92 Å². The Labute approximate surface area is 91.6 Å². The standard InChI is InChI=1S/C12H23F2N/c1-4-15-12(11(13)14)7-5-10(6-8-12)9(2)3/h9-11,15H,4-8H2,1-3H3. The minimum Gasteiger partial charge on any atom is -0.307 e. The number of alkyl halides is 2. The van der Waals surface area contributed by atoms with E-state index >= 15 is 0 Å². The zero-order valence-electron chi connectivity index (χ0n) is 10.0. The van der Waals surface area contributed by atoms with Crippen molar-refractivity contribution in [2.75, 3.05) is 6.54 Å². The van der Waals surface area contributed by atoms with Gasteiger partial charge in [-0.05, 0) is 44.1 Å². The second-order valence-electron chi connectivity index (χ2n) is 5.07. The van der Waals surface area contributed by atoms with Crippen molar-refractivity contribution in [2.45, 2.75) is 58.4 Å². The van der Waals surface area contributed by atoms with Crippen molar-refractivity contribution in [3.63, 3.8) is 0 Å². The molecule has 0 aromatic carbocycles. The van der Waals surface area contributed by atoms with E-state index in [1.54, 1.807) is 0 Å². The largest absolute Gasteiger partial charge is 0.307 e. The van der Waals surface area contributed by atoms with Crippen LogP contribution in [0.2, 0.25) is 0 Å². The molecule has 0 aromatic heterocycles. The summed E-state index contributed by atoms with van der Waals surface area (Å²) in [6.45, 7) is 6.91. The molecule has 0 aromatic rings. The van der Waals surface area contributed by atoms with Gasteiger partial charge in [-0.3, -0.25) is 0 Å². The van der Waals surface area contributed by atoms with Gasteiger partial charge in [0.2, 0.25) is 0 Å². The summed E-state index contributed by atoms with van der Waals surface area (Å²) in [6.07, 6.45) is 0.901. The topological polar surface area (TPSA) is 12.0 Å². The molecule has 0 atom stereocenters. The maximum absolute atomic E-state index is 13.0. The molecule has 1 nitrogen and oxygen atoms in total. The van der Waals surface area contributed by atoms with E-state index in [9.17, 15) is 8.78 Å². The molecule has 1 aliphatic carbocycles. The molecule has 0 heterocycles. The van der Waals surface area contributed by atoms with Gasteiger partial charge in [0.15, 0.2) is 0 Å². The van der Waals surface area contributed by atoms with Crippen LogP contribution in [-0.4, -0.2) is 18.5 Å². The second-order valence-corrected chi connectivity index (χ2v) is 5.07. The van der Waals surface area contributed by atoms with Gasteiger partial charge in [-0.25, -0.2) is 8.78 Å². The van der Waals surface area contributed by atoms with Gasteiger partial charge in [0.05, 0.1) is 5.54 Å². The maximum Gasteiger partial charge on any atom is 0.256 e. The highest BCUT2D eigenvalue weighted by Gasteiger charge is 2.42. The molecule has 0 spiro atoms. The first-order valence-electron chi connectivity index (χ1n) is 6.05. The van der Waals surface area contributed by atoms with Crippen LogP contribution in [0, 0.1) is 11.8 Å². The summed E-state index contributed by atoms with van der Waals surface area (Å²) in [5.74, 6) is 1.26. The summed E-state index contributed by atoms with van der Waals surface area (Å²) in [6, 6.07) is 0. The third-order valence-electron chi connectivity index (χ3n) is 3.81. The predicted octanol–water partition coefficient (Wildman–Crippen LogP) is 3.45. The monoisotopic (exact) mass is 219 g/mol. The van der Waals surface area contributed by atoms with Crippen LogP contribution < -0.4 is 5.32 Å². The van der Waals surface area contributed by atoms with Crippen LogP contribution in [0.25, 0.3) is 0 Å². The highest BCUT2D eigenvalue weighted by atomic mass is 19.3. The third kappa shape index (κ3) is 2.90. The van der Waals surface area contributed by atoms with Gasteiger partial charge in [0.1, 0.15) is 0 Å². The molecule has 3 heteroatoms. The predicted molar refractivity (Wildman–Crippen MR) is 59.2 cm³/mol. The SMILES string of the molecule is CCNC1(C(F)F)CCC(C(C)C)CC1. The molecule has 0 saturated heterocycles. The van der Waals surface area contributed by atoms with Crippen LogP contribution in [0.3, 0.4) is 0 Å². The first kappa shape index (κ1) is 12.9. The van der Waals surface area contributed by atoms with Gasteiger partial charge in [-0.2, -0.15) is 0 Å². The van der Waals surface area contributed by atoms with Crippen molar-refractivity contribution in [1.29, 1.82) is 0 Å². The molecule has 90 valence electrons. The van der Waals surface area contributed by atoms with Crippen molar-refractivity contribution < 1.29 is 8.78 Å². The van der Waals surface area contributed by atoms with E-state index in [4.69, 9.17) is 0 Å².